The fourth-order valence-corrected chi connectivity index (χ4v) is 0.643. The molecule has 0 saturated carbocycles. The van der Waals surface area contributed by atoms with Gasteiger partial charge in [0.1, 0.15) is 5.78 Å². The van der Waals surface area contributed by atoms with E-state index in [9.17, 15) is 4.79 Å². The van der Waals surface area contributed by atoms with Crippen LogP contribution in [0.5, 0.6) is 0 Å². The Bertz CT molecular complexity index is 81.0. The number of hydrogen-bond acceptors (Lipinski definition) is 2. The molecule has 0 fully saturated rings. The van der Waals surface area contributed by atoms with E-state index in [1.54, 1.807) is 0 Å². The highest BCUT2D eigenvalue weighted by molar-refractivity contribution is 5.77. The van der Waals surface area contributed by atoms with Crippen LogP contribution in [-0.2, 0) is 4.79 Å². The molecule has 0 saturated heterocycles. The van der Waals surface area contributed by atoms with Crippen LogP contribution in [0.15, 0.2) is 0 Å². The molecule has 0 radical (unpaired) electrons. The average molecular weight is 129 g/mol. The largest absolute Gasteiger partial charge is 0.330 e. The third kappa shape index (κ3) is 5.50. The Labute approximate surface area is 56.4 Å². The molecule has 0 aromatic rings. The van der Waals surface area contributed by atoms with E-state index in [0.29, 0.717) is 25.2 Å². The van der Waals surface area contributed by atoms with Crippen molar-refractivity contribution in [3.05, 3.63) is 0 Å². The third-order valence-corrected chi connectivity index (χ3v) is 1.30. The second-order valence-corrected chi connectivity index (χ2v) is 2.14. The van der Waals surface area contributed by atoms with Crippen LogP contribution in [0, 0.1) is 0 Å². The Hall–Kier alpha value is -0.370. The van der Waals surface area contributed by atoms with Crippen LogP contribution in [-0.4, -0.2) is 12.3 Å². The van der Waals surface area contributed by atoms with E-state index < -0.39 is 0 Å². The molecule has 2 N–H and O–H groups in total. The van der Waals surface area contributed by atoms with Crippen molar-refractivity contribution in [3.8, 4) is 0 Å². The molecule has 0 aliphatic rings. The quantitative estimate of drug-likeness (QED) is 0.565. The molecular formula is C7H15NO. The van der Waals surface area contributed by atoms with Crippen molar-refractivity contribution in [2.24, 2.45) is 5.73 Å². The molecule has 2 heteroatoms. The number of unbranched alkanes of at least 4 members (excludes halogenated alkanes) is 1. The summed E-state index contributed by atoms with van der Waals surface area (Å²) in [6, 6.07) is 0. The lowest BCUT2D eigenvalue weighted by molar-refractivity contribution is -0.118. The first-order valence-electron chi connectivity index (χ1n) is 3.53. The number of carbonyl (C=O) groups is 1. The summed E-state index contributed by atoms with van der Waals surface area (Å²) in [5.41, 5.74) is 5.24. The third-order valence-electron chi connectivity index (χ3n) is 1.30. The Morgan fingerprint density at radius 1 is 1.44 bits per heavy atom. The van der Waals surface area contributed by atoms with Gasteiger partial charge >= 0.3 is 0 Å². The van der Waals surface area contributed by atoms with Crippen LogP contribution < -0.4 is 5.73 Å². The monoisotopic (exact) mass is 129 g/mol. The van der Waals surface area contributed by atoms with Crippen LogP contribution in [0.25, 0.3) is 0 Å². The van der Waals surface area contributed by atoms with Gasteiger partial charge < -0.3 is 5.73 Å². The van der Waals surface area contributed by atoms with E-state index in [2.05, 4.69) is 0 Å². The number of carbonyl (C=O) groups excluding carboxylic acids is 1. The average Bonchev–Trinajstić information content (AvgIpc) is 1.89. The fourth-order valence-electron chi connectivity index (χ4n) is 0.643. The number of hydrogen-bond donors (Lipinski definition) is 1. The minimum absolute atomic E-state index is 0.350. The van der Waals surface area contributed by atoms with Crippen molar-refractivity contribution >= 4 is 5.78 Å². The van der Waals surface area contributed by atoms with E-state index in [4.69, 9.17) is 5.73 Å². The molecule has 54 valence electrons. The van der Waals surface area contributed by atoms with Gasteiger partial charge in [-0.3, -0.25) is 4.79 Å². The van der Waals surface area contributed by atoms with Gasteiger partial charge in [-0.05, 0) is 19.4 Å². The zero-order chi connectivity index (χ0) is 7.11. The molecule has 2 nitrogen and oxygen atoms in total. The Morgan fingerprint density at radius 2 is 2.11 bits per heavy atom. The molecule has 0 heterocycles. The molecule has 0 aliphatic carbocycles. The second-order valence-electron chi connectivity index (χ2n) is 2.14. The summed E-state index contributed by atoms with van der Waals surface area (Å²) in [4.78, 5) is 10.6. The highest BCUT2D eigenvalue weighted by atomic mass is 16.1. The van der Waals surface area contributed by atoms with Gasteiger partial charge in [0.2, 0.25) is 0 Å². The molecule has 0 bridgehead atoms. The minimum Gasteiger partial charge on any atom is -0.330 e. The smallest absolute Gasteiger partial charge is 0.132 e. The van der Waals surface area contributed by atoms with Gasteiger partial charge in [-0.15, -0.1) is 0 Å². The zero-order valence-electron chi connectivity index (χ0n) is 6.02. The first-order valence-corrected chi connectivity index (χ1v) is 3.53. The summed E-state index contributed by atoms with van der Waals surface area (Å²) in [6.45, 7) is 2.60. The first kappa shape index (κ1) is 8.63. The standard InChI is InChI=1S/C7H15NO/c1-2-7(9)5-3-4-6-8/h2-6,8H2,1H3. The Kier molecular flexibility index (Phi) is 5.52. The molecule has 0 amide bonds. The van der Waals surface area contributed by atoms with Gasteiger partial charge in [0.15, 0.2) is 0 Å². The first-order chi connectivity index (χ1) is 4.31. The van der Waals surface area contributed by atoms with Gasteiger partial charge in [-0.2, -0.15) is 0 Å². The summed E-state index contributed by atoms with van der Waals surface area (Å²) < 4.78 is 0. The van der Waals surface area contributed by atoms with E-state index in [1.165, 1.54) is 0 Å². The molecule has 0 aliphatic heterocycles. The number of nitrogens with two attached hydrogens (primary N) is 1. The molecule has 0 aromatic heterocycles. The van der Waals surface area contributed by atoms with Crippen molar-refractivity contribution in [1.82, 2.24) is 0 Å². The van der Waals surface area contributed by atoms with Gasteiger partial charge in [0.05, 0.1) is 0 Å². The van der Waals surface area contributed by atoms with Crippen LogP contribution in [0.1, 0.15) is 32.6 Å². The maximum absolute atomic E-state index is 10.6. The topological polar surface area (TPSA) is 43.1 Å². The van der Waals surface area contributed by atoms with Crippen molar-refractivity contribution in [2.75, 3.05) is 6.54 Å². The summed E-state index contributed by atoms with van der Waals surface area (Å²) in [5, 5.41) is 0. The Balaban J connectivity index is 2.97. The van der Waals surface area contributed by atoms with Crippen LogP contribution in [0.2, 0.25) is 0 Å². The number of Topliss-reactive ketones (excluding diaryl/α,β-unsaturated/α-hetero) is 1. The minimum atomic E-state index is 0.350. The normalized spacial score (nSPS) is 9.56. The molecule has 9 heavy (non-hydrogen) atoms. The van der Waals surface area contributed by atoms with Crippen LogP contribution >= 0.6 is 0 Å². The van der Waals surface area contributed by atoms with Gasteiger partial charge in [0, 0.05) is 12.8 Å². The maximum Gasteiger partial charge on any atom is 0.132 e. The number of rotatable bonds is 5. The highest BCUT2D eigenvalue weighted by Gasteiger charge is 1.95. The molecule has 0 spiro atoms. The second kappa shape index (κ2) is 5.76. The predicted molar refractivity (Wildman–Crippen MR) is 38.2 cm³/mol. The lowest BCUT2D eigenvalue weighted by Gasteiger charge is -1.94. The van der Waals surface area contributed by atoms with Crippen LogP contribution in [0.4, 0.5) is 0 Å². The molecule has 0 rings (SSSR count). The summed E-state index contributed by atoms with van der Waals surface area (Å²) in [7, 11) is 0. The molecule has 0 unspecified atom stereocenters. The van der Waals surface area contributed by atoms with Crippen molar-refractivity contribution in [1.29, 1.82) is 0 Å². The molecule has 0 aromatic carbocycles. The maximum atomic E-state index is 10.6. The van der Waals surface area contributed by atoms with Crippen LogP contribution in [0.3, 0.4) is 0 Å². The zero-order valence-corrected chi connectivity index (χ0v) is 6.02. The van der Waals surface area contributed by atoms with E-state index in [0.717, 1.165) is 12.8 Å². The van der Waals surface area contributed by atoms with Gasteiger partial charge in [0.25, 0.3) is 0 Å². The predicted octanol–water partition coefficient (Wildman–Crippen LogP) is 1.09. The fraction of sp³-hybridized carbons (Fsp3) is 0.857. The van der Waals surface area contributed by atoms with Gasteiger partial charge in [-0.25, -0.2) is 0 Å². The van der Waals surface area contributed by atoms with E-state index >= 15 is 0 Å². The van der Waals surface area contributed by atoms with E-state index in [-0.39, 0.29) is 0 Å². The summed E-state index contributed by atoms with van der Waals surface area (Å²) in [6.07, 6.45) is 3.33. The Morgan fingerprint density at radius 3 is 2.56 bits per heavy atom. The number of ketones is 1. The van der Waals surface area contributed by atoms with Gasteiger partial charge in [-0.1, -0.05) is 6.92 Å². The lowest BCUT2D eigenvalue weighted by Crippen LogP contribution is -2.00. The van der Waals surface area contributed by atoms with Crippen molar-refractivity contribution in [2.45, 2.75) is 32.6 Å². The van der Waals surface area contributed by atoms with E-state index in [1.807, 2.05) is 6.92 Å². The van der Waals surface area contributed by atoms with Crippen molar-refractivity contribution < 1.29 is 4.79 Å². The SMILES string of the molecule is CCC(=O)CCCCN. The lowest BCUT2D eigenvalue weighted by atomic mass is 10.1. The molecule has 0 atom stereocenters. The summed E-state index contributed by atoms with van der Waals surface area (Å²) >= 11 is 0. The summed E-state index contributed by atoms with van der Waals surface area (Å²) in [5.74, 6) is 0.350. The molecular weight excluding hydrogens is 114 g/mol. The van der Waals surface area contributed by atoms with Crippen molar-refractivity contribution in [3.63, 3.8) is 0 Å². The highest BCUT2D eigenvalue weighted by Crippen LogP contribution is 1.96.